The lowest BCUT2D eigenvalue weighted by Crippen LogP contribution is -2.22. The summed E-state index contributed by atoms with van der Waals surface area (Å²) in [6.45, 7) is 2.85. The highest BCUT2D eigenvalue weighted by molar-refractivity contribution is 5.66. The minimum Gasteiger partial charge on any atom is -0.380 e. The maximum Gasteiger partial charge on any atom is 0.157 e. The summed E-state index contributed by atoms with van der Waals surface area (Å²) >= 11 is 0. The second kappa shape index (κ2) is 6.58. The molecule has 5 nitrogen and oxygen atoms in total. The van der Waals surface area contributed by atoms with Gasteiger partial charge in [-0.15, -0.1) is 0 Å². The SMILES string of the molecule is CC[C@H](CNc1cc(-c2ccccc2)nc2ccnn12)OC. The van der Waals surface area contributed by atoms with Crippen LogP contribution in [-0.2, 0) is 4.74 Å². The minimum absolute atomic E-state index is 0.180. The highest BCUT2D eigenvalue weighted by Crippen LogP contribution is 2.22. The summed E-state index contributed by atoms with van der Waals surface area (Å²) in [5.74, 6) is 0.921. The summed E-state index contributed by atoms with van der Waals surface area (Å²) in [4.78, 5) is 4.66. The molecule has 1 aromatic carbocycles. The minimum atomic E-state index is 0.180. The van der Waals surface area contributed by atoms with Crippen LogP contribution in [0.3, 0.4) is 0 Å². The first-order valence-electron chi connectivity index (χ1n) is 7.48. The van der Waals surface area contributed by atoms with Crippen LogP contribution < -0.4 is 5.32 Å². The Morgan fingerprint density at radius 2 is 2.05 bits per heavy atom. The van der Waals surface area contributed by atoms with Crippen molar-refractivity contribution in [3.8, 4) is 11.3 Å². The Bertz CT molecular complexity index is 735. The quantitative estimate of drug-likeness (QED) is 0.758. The van der Waals surface area contributed by atoms with E-state index in [0.717, 1.165) is 35.7 Å². The van der Waals surface area contributed by atoms with E-state index in [-0.39, 0.29) is 6.10 Å². The number of nitrogens with zero attached hydrogens (tertiary/aromatic N) is 3. The van der Waals surface area contributed by atoms with Gasteiger partial charge in [-0.3, -0.25) is 0 Å². The Morgan fingerprint density at radius 3 is 2.77 bits per heavy atom. The molecule has 0 fully saturated rings. The molecule has 0 saturated carbocycles. The highest BCUT2D eigenvalue weighted by atomic mass is 16.5. The molecule has 0 radical (unpaired) electrons. The molecule has 1 N–H and O–H groups in total. The lowest BCUT2D eigenvalue weighted by atomic mass is 10.1. The molecule has 0 bridgehead atoms. The molecule has 0 aliphatic heterocycles. The fourth-order valence-corrected chi connectivity index (χ4v) is 2.41. The third-order valence-corrected chi connectivity index (χ3v) is 3.73. The molecule has 0 aliphatic carbocycles. The predicted molar refractivity (Wildman–Crippen MR) is 88.0 cm³/mol. The molecule has 0 saturated heterocycles. The van der Waals surface area contributed by atoms with E-state index < -0.39 is 0 Å². The predicted octanol–water partition coefficient (Wildman–Crippen LogP) is 3.23. The van der Waals surface area contributed by atoms with E-state index in [9.17, 15) is 0 Å². The third-order valence-electron chi connectivity index (χ3n) is 3.73. The molecule has 0 amide bonds. The molecule has 0 spiro atoms. The lowest BCUT2D eigenvalue weighted by Gasteiger charge is -2.16. The van der Waals surface area contributed by atoms with Crippen LogP contribution in [0, 0.1) is 0 Å². The van der Waals surface area contributed by atoms with Gasteiger partial charge in [0.1, 0.15) is 5.82 Å². The summed E-state index contributed by atoms with van der Waals surface area (Å²) in [6.07, 6.45) is 2.90. The Balaban J connectivity index is 1.96. The van der Waals surface area contributed by atoms with Crippen LogP contribution in [0.2, 0.25) is 0 Å². The van der Waals surface area contributed by atoms with E-state index in [4.69, 9.17) is 4.74 Å². The van der Waals surface area contributed by atoms with E-state index in [2.05, 4.69) is 34.5 Å². The smallest absolute Gasteiger partial charge is 0.157 e. The van der Waals surface area contributed by atoms with Crippen molar-refractivity contribution in [3.05, 3.63) is 48.7 Å². The van der Waals surface area contributed by atoms with E-state index >= 15 is 0 Å². The Morgan fingerprint density at radius 1 is 1.23 bits per heavy atom. The molecule has 1 atom stereocenters. The summed E-state index contributed by atoms with van der Waals surface area (Å²) in [5.41, 5.74) is 2.85. The van der Waals surface area contributed by atoms with Gasteiger partial charge >= 0.3 is 0 Å². The third kappa shape index (κ3) is 2.94. The molecule has 2 heterocycles. The number of rotatable bonds is 6. The molecule has 5 heteroatoms. The number of ether oxygens (including phenoxy) is 1. The van der Waals surface area contributed by atoms with Crippen LogP contribution in [0.5, 0.6) is 0 Å². The van der Waals surface area contributed by atoms with Crippen LogP contribution in [0.25, 0.3) is 16.9 Å². The van der Waals surface area contributed by atoms with Crippen molar-refractivity contribution < 1.29 is 4.74 Å². The molecule has 2 aromatic heterocycles. The summed E-state index contributed by atoms with van der Waals surface area (Å²) in [6, 6.07) is 14.1. The number of benzene rings is 1. The van der Waals surface area contributed by atoms with Gasteiger partial charge in [-0.2, -0.15) is 9.61 Å². The summed E-state index contributed by atoms with van der Waals surface area (Å²) in [7, 11) is 1.74. The second-order valence-corrected chi connectivity index (χ2v) is 5.14. The number of aromatic nitrogens is 3. The molecule has 0 unspecified atom stereocenters. The van der Waals surface area contributed by atoms with Gasteiger partial charge in [-0.05, 0) is 6.42 Å². The largest absolute Gasteiger partial charge is 0.380 e. The molecule has 3 rings (SSSR count). The summed E-state index contributed by atoms with van der Waals surface area (Å²) < 4.78 is 7.24. The number of methoxy groups -OCH3 is 1. The fraction of sp³-hybridized carbons (Fsp3) is 0.294. The van der Waals surface area contributed by atoms with Gasteiger partial charge in [0.15, 0.2) is 5.65 Å². The number of nitrogens with one attached hydrogen (secondary N) is 1. The molecule has 22 heavy (non-hydrogen) atoms. The lowest BCUT2D eigenvalue weighted by molar-refractivity contribution is 0.110. The highest BCUT2D eigenvalue weighted by Gasteiger charge is 2.10. The van der Waals surface area contributed by atoms with Crippen molar-refractivity contribution in [1.82, 2.24) is 14.6 Å². The van der Waals surface area contributed by atoms with E-state index in [1.807, 2.05) is 34.8 Å². The average molecular weight is 296 g/mol. The molecule has 114 valence electrons. The van der Waals surface area contributed by atoms with E-state index in [1.54, 1.807) is 13.3 Å². The van der Waals surface area contributed by atoms with Crippen molar-refractivity contribution in [2.45, 2.75) is 19.4 Å². The molecule has 0 aliphatic rings. The first kappa shape index (κ1) is 14.5. The zero-order valence-corrected chi connectivity index (χ0v) is 12.9. The standard InChI is InChI=1S/C17H20N4O/c1-3-14(22-2)12-18-17-11-15(13-7-5-4-6-8-13)20-16-9-10-19-21(16)17/h4-11,14,18H,3,12H2,1-2H3/t14-/m1/s1. The average Bonchev–Trinajstić information content (AvgIpc) is 3.05. The van der Waals surface area contributed by atoms with E-state index in [1.165, 1.54) is 0 Å². The van der Waals surface area contributed by atoms with Gasteiger partial charge < -0.3 is 10.1 Å². The van der Waals surface area contributed by atoms with Gasteiger partial charge in [0.2, 0.25) is 0 Å². The number of hydrogen-bond acceptors (Lipinski definition) is 4. The normalized spacial score (nSPS) is 12.5. The monoisotopic (exact) mass is 296 g/mol. The Kier molecular flexibility index (Phi) is 4.34. The Labute approximate surface area is 130 Å². The maximum atomic E-state index is 5.42. The Hall–Kier alpha value is -2.40. The second-order valence-electron chi connectivity index (χ2n) is 5.14. The molecular formula is C17H20N4O. The van der Waals surface area contributed by atoms with Crippen LogP contribution in [0.1, 0.15) is 13.3 Å². The van der Waals surface area contributed by atoms with Crippen LogP contribution in [0.15, 0.2) is 48.7 Å². The van der Waals surface area contributed by atoms with Crippen LogP contribution in [-0.4, -0.2) is 34.4 Å². The first-order chi connectivity index (χ1) is 10.8. The van der Waals surface area contributed by atoms with Gasteiger partial charge in [0.05, 0.1) is 18.0 Å². The number of anilines is 1. The van der Waals surface area contributed by atoms with Crippen molar-refractivity contribution in [3.63, 3.8) is 0 Å². The van der Waals surface area contributed by atoms with Crippen molar-refractivity contribution in [2.75, 3.05) is 19.0 Å². The molecule has 3 aromatic rings. The zero-order valence-electron chi connectivity index (χ0n) is 12.9. The van der Waals surface area contributed by atoms with Crippen LogP contribution >= 0.6 is 0 Å². The van der Waals surface area contributed by atoms with Crippen molar-refractivity contribution in [2.24, 2.45) is 0 Å². The van der Waals surface area contributed by atoms with Crippen molar-refractivity contribution in [1.29, 1.82) is 0 Å². The van der Waals surface area contributed by atoms with Gasteiger partial charge in [-0.25, -0.2) is 4.98 Å². The number of fused-ring (bicyclic) bond motifs is 1. The van der Waals surface area contributed by atoms with Crippen LogP contribution in [0.4, 0.5) is 5.82 Å². The number of hydrogen-bond donors (Lipinski definition) is 1. The summed E-state index contributed by atoms with van der Waals surface area (Å²) in [5, 5.41) is 7.76. The van der Waals surface area contributed by atoms with Gasteiger partial charge in [0, 0.05) is 31.4 Å². The molecular weight excluding hydrogens is 276 g/mol. The van der Waals surface area contributed by atoms with E-state index in [0.29, 0.717) is 0 Å². The maximum absolute atomic E-state index is 5.42. The first-order valence-corrected chi connectivity index (χ1v) is 7.48. The van der Waals surface area contributed by atoms with Gasteiger partial charge in [0.25, 0.3) is 0 Å². The fourth-order valence-electron chi connectivity index (χ4n) is 2.41. The van der Waals surface area contributed by atoms with Gasteiger partial charge in [-0.1, -0.05) is 37.3 Å². The zero-order chi connectivity index (χ0) is 15.4. The topological polar surface area (TPSA) is 51.5 Å². The van der Waals surface area contributed by atoms with Crippen molar-refractivity contribution >= 4 is 11.5 Å².